The molecule has 1 aromatic carbocycles. The SMILES string of the molecule is Cc1ccc(Oc2c(CO)c(C)nn2C)c(C(C)(C)C)c1. The third-order valence-electron chi connectivity index (χ3n) is 3.60. The summed E-state index contributed by atoms with van der Waals surface area (Å²) in [5.74, 6) is 1.41. The first-order valence-corrected chi connectivity index (χ1v) is 7.16. The van der Waals surface area contributed by atoms with Crippen molar-refractivity contribution in [3.8, 4) is 11.6 Å². The summed E-state index contributed by atoms with van der Waals surface area (Å²) in [4.78, 5) is 0. The highest BCUT2D eigenvalue weighted by molar-refractivity contribution is 5.44. The summed E-state index contributed by atoms with van der Waals surface area (Å²) >= 11 is 0. The van der Waals surface area contributed by atoms with E-state index in [0.29, 0.717) is 5.88 Å². The van der Waals surface area contributed by atoms with Crippen LogP contribution in [0.2, 0.25) is 0 Å². The van der Waals surface area contributed by atoms with E-state index in [-0.39, 0.29) is 12.0 Å². The van der Waals surface area contributed by atoms with Crippen molar-refractivity contribution in [3.63, 3.8) is 0 Å². The van der Waals surface area contributed by atoms with Crippen molar-refractivity contribution >= 4 is 0 Å². The van der Waals surface area contributed by atoms with Crippen molar-refractivity contribution in [3.05, 3.63) is 40.6 Å². The van der Waals surface area contributed by atoms with Crippen LogP contribution in [-0.2, 0) is 19.1 Å². The molecule has 0 radical (unpaired) electrons. The lowest BCUT2D eigenvalue weighted by molar-refractivity contribution is 0.274. The van der Waals surface area contributed by atoms with Crippen LogP contribution in [0.25, 0.3) is 0 Å². The Balaban J connectivity index is 2.50. The molecule has 0 amide bonds. The van der Waals surface area contributed by atoms with Gasteiger partial charge in [-0.2, -0.15) is 5.10 Å². The summed E-state index contributed by atoms with van der Waals surface area (Å²) in [6, 6.07) is 6.17. The maximum Gasteiger partial charge on any atom is 0.223 e. The van der Waals surface area contributed by atoms with E-state index in [1.165, 1.54) is 5.56 Å². The molecule has 0 spiro atoms. The van der Waals surface area contributed by atoms with Crippen LogP contribution in [0.1, 0.15) is 43.2 Å². The Morgan fingerprint density at radius 1 is 1.24 bits per heavy atom. The lowest BCUT2D eigenvalue weighted by Gasteiger charge is -2.23. The number of benzene rings is 1. The number of ether oxygens (including phenoxy) is 1. The topological polar surface area (TPSA) is 47.3 Å². The Bertz CT molecular complexity index is 652. The van der Waals surface area contributed by atoms with Crippen molar-refractivity contribution < 1.29 is 9.84 Å². The zero-order valence-electron chi connectivity index (χ0n) is 13.7. The molecule has 0 atom stereocenters. The van der Waals surface area contributed by atoms with Gasteiger partial charge in [0.15, 0.2) is 0 Å². The number of hydrogen-bond acceptors (Lipinski definition) is 3. The van der Waals surface area contributed by atoms with E-state index in [0.717, 1.165) is 22.6 Å². The average Bonchev–Trinajstić information content (AvgIpc) is 2.64. The summed E-state index contributed by atoms with van der Waals surface area (Å²) in [7, 11) is 1.83. The van der Waals surface area contributed by atoms with Gasteiger partial charge in [0.2, 0.25) is 5.88 Å². The second-order valence-electron chi connectivity index (χ2n) is 6.50. The molecular formula is C17H24N2O2. The average molecular weight is 288 g/mol. The highest BCUT2D eigenvalue weighted by atomic mass is 16.5. The minimum absolute atomic E-state index is 0.0195. The molecule has 0 bridgehead atoms. The summed E-state index contributed by atoms with van der Waals surface area (Å²) in [5.41, 5.74) is 3.85. The van der Waals surface area contributed by atoms with Crippen LogP contribution in [0, 0.1) is 13.8 Å². The maximum absolute atomic E-state index is 9.53. The van der Waals surface area contributed by atoms with Crippen molar-refractivity contribution in [1.82, 2.24) is 9.78 Å². The van der Waals surface area contributed by atoms with E-state index in [1.54, 1.807) is 4.68 Å². The van der Waals surface area contributed by atoms with Crippen molar-refractivity contribution in [2.24, 2.45) is 7.05 Å². The number of aryl methyl sites for hydroxylation is 3. The molecule has 0 aliphatic heterocycles. The summed E-state index contributed by atoms with van der Waals surface area (Å²) in [6.45, 7) is 10.4. The first-order valence-electron chi connectivity index (χ1n) is 7.16. The first-order chi connectivity index (χ1) is 9.74. The van der Waals surface area contributed by atoms with Crippen LogP contribution in [0.15, 0.2) is 18.2 Å². The predicted molar refractivity (Wildman–Crippen MR) is 83.8 cm³/mol. The smallest absolute Gasteiger partial charge is 0.223 e. The fraction of sp³-hybridized carbons (Fsp3) is 0.471. The van der Waals surface area contributed by atoms with Gasteiger partial charge in [-0.05, 0) is 25.3 Å². The predicted octanol–water partition coefficient (Wildman–Crippen LogP) is 3.62. The molecule has 2 rings (SSSR count). The highest BCUT2D eigenvalue weighted by Crippen LogP contribution is 2.36. The van der Waals surface area contributed by atoms with Gasteiger partial charge in [-0.15, -0.1) is 0 Å². The second-order valence-corrected chi connectivity index (χ2v) is 6.50. The summed E-state index contributed by atoms with van der Waals surface area (Å²) in [5, 5.41) is 13.8. The minimum Gasteiger partial charge on any atom is -0.439 e. The van der Waals surface area contributed by atoms with E-state index in [2.05, 4.69) is 38.9 Å². The Morgan fingerprint density at radius 3 is 2.48 bits per heavy atom. The molecule has 0 fully saturated rings. The maximum atomic E-state index is 9.53. The van der Waals surface area contributed by atoms with Gasteiger partial charge in [0.05, 0.1) is 17.9 Å². The van der Waals surface area contributed by atoms with E-state index >= 15 is 0 Å². The molecule has 0 unspecified atom stereocenters. The number of nitrogens with zero attached hydrogens (tertiary/aromatic N) is 2. The van der Waals surface area contributed by atoms with Gasteiger partial charge in [-0.1, -0.05) is 38.5 Å². The summed E-state index contributed by atoms with van der Waals surface area (Å²) in [6.07, 6.45) is 0. The van der Waals surface area contributed by atoms with E-state index < -0.39 is 0 Å². The Kier molecular flexibility index (Phi) is 4.10. The molecule has 0 saturated heterocycles. The van der Waals surface area contributed by atoms with Gasteiger partial charge < -0.3 is 9.84 Å². The van der Waals surface area contributed by atoms with Crippen molar-refractivity contribution in [1.29, 1.82) is 0 Å². The van der Waals surface area contributed by atoms with Crippen LogP contribution in [-0.4, -0.2) is 14.9 Å². The Hall–Kier alpha value is -1.81. The highest BCUT2D eigenvalue weighted by Gasteiger charge is 2.22. The molecule has 1 heterocycles. The molecule has 0 saturated carbocycles. The van der Waals surface area contributed by atoms with Crippen LogP contribution in [0.4, 0.5) is 0 Å². The van der Waals surface area contributed by atoms with Gasteiger partial charge in [0.1, 0.15) is 5.75 Å². The Morgan fingerprint density at radius 2 is 1.90 bits per heavy atom. The van der Waals surface area contributed by atoms with E-state index in [4.69, 9.17) is 4.74 Å². The van der Waals surface area contributed by atoms with Crippen molar-refractivity contribution in [2.45, 2.75) is 46.6 Å². The zero-order chi connectivity index (χ0) is 15.8. The van der Waals surface area contributed by atoms with Gasteiger partial charge >= 0.3 is 0 Å². The fourth-order valence-electron chi connectivity index (χ4n) is 2.41. The zero-order valence-corrected chi connectivity index (χ0v) is 13.7. The molecule has 1 aromatic heterocycles. The lowest BCUT2D eigenvalue weighted by Crippen LogP contribution is -2.13. The lowest BCUT2D eigenvalue weighted by atomic mass is 9.85. The van der Waals surface area contributed by atoms with E-state index in [1.807, 2.05) is 26.1 Å². The van der Waals surface area contributed by atoms with Gasteiger partial charge in [0, 0.05) is 12.6 Å². The number of hydrogen-bond donors (Lipinski definition) is 1. The molecular weight excluding hydrogens is 264 g/mol. The normalized spacial score (nSPS) is 11.8. The molecule has 4 nitrogen and oxygen atoms in total. The van der Waals surface area contributed by atoms with E-state index in [9.17, 15) is 5.11 Å². The van der Waals surface area contributed by atoms with Gasteiger partial charge in [-0.3, -0.25) is 0 Å². The number of aliphatic hydroxyl groups is 1. The molecule has 1 N–H and O–H groups in total. The van der Waals surface area contributed by atoms with Crippen molar-refractivity contribution in [2.75, 3.05) is 0 Å². The quantitative estimate of drug-likeness (QED) is 0.938. The Labute approximate surface area is 126 Å². The number of aliphatic hydroxyl groups excluding tert-OH is 1. The van der Waals surface area contributed by atoms with Crippen LogP contribution >= 0.6 is 0 Å². The number of aromatic nitrogens is 2. The van der Waals surface area contributed by atoms with Gasteiger partial charge in [-0.25, -0.2) is 4.68 Å². The third-order valence-corrected chi connectivity index (χ3v) is 3.60. The second kappa shape index (κ2) is 5.53. The molecule has 2 aromatic rings. The molecule has 4 heteroatoms. The minimum atomic E-state index is -0.0777. The van der Waals surface area contributed by atoms with Gasteiger partial charge in [0.25, 0.3) is 0 Å². The molecule has 0 aliphatic rings. The third kappa shape index (κ3) is 3.10. The monoisotopic (exact) mass is 288 g/mol. The molecule has 114 valence electrons. The molecule has 21 heavy (non-hydrogen) atoms. The van der Waals surface area contributed by atoms with Crippen LogP contribution in [0.3, 0.4) is 0 Å². The molecule has 0 aliphatic carbocycles. The summed E-state index contributed by atoms with van der Waals surface area (Å²) < 4.78 is 7.78. The number of rotatable bonds is 3. The van der Waals surface area contributed by atoms with Crippen LogP contribution in [0.5, 0.6) is 11.6 Å². The first kappa shape index (κ1) is 15.6. The van der Waals surface area contributed by atoms with Crippen LogP contribution < -0.4 is 4.74 Å². The largest absolute Gasteiger partial charge is 0.439 e. The fourth-order valence-corrected chi connectivity index (χ4v) is 2.41. The standard InChI is InChI=1S/C17H24N2O2/c1-11-7-8-15(14(9-11)17(3,4)5)21-16-13(10-20)12(2)18-19(16)6/h7-9,20H,10H2,1-6H3.